The predicted molar refractivity (Wildman–Crippen MR) is 64.5 cm³/mol. The summed E-state index contributed by atoms with van der Waals surface area (Å²) in [6, 6.07) is 8.29. The first kappa shape index (κ1) is 9.46. The first-order chi connectivity index (χ1) is 7.75. The molecule has 3 rings (SSSR count). The van der Waals surface area contributed by atoms with E-state index in [1.165, 1.54) is 10.9 Å². The van der Waals surface area contributed by atoms with Gasteiger partial charge in [-0.2, -0.15) is 0 Å². The Morgan fingerprint density at radius 3 is 2.88 bits per heavy atom. The van der Waals surface area contributed by atoms with Gasteiger partial charge in [0.05, 0.1) is 0 Å². The lowest BCUT2D eigenvalue weighted by molar-refractivity contribution is -0.117. The summed E-state index contributed by atoms with van der Waals surface area (Å²) in [6.07, 6.45) is 3.71. The number of carbonyl (C=O) groups excluding carboxylic acids is 1. The number of nitrogens with zero attached hydrogens (tertiary/aromatic N) is 2. The summed E-state index contributed by atoms with van der Waals surface area (Å²) in [5.74, 6) is 0.246. The van der Waals surface area contributed by atoms with E-state index in [-0.39, 0.29) is 5.91 Å². The molecule has 3 heteroatoms. The molecule has 16 heavy (non-hydrogen) atoms. The number of aryl methyl sites for hydroxylation is 1. The molecule has 1 amide bonds. The van der Waals surface area contributed by atoms with Crippen LogP contribution in [0.3, 0.4) is 0 Å². The maximum Gasteiger partial charge on any atom is 0.227 e. The van der Waals surface area contributed by atoms with Gasteiger partial charge in [-0.25, -0.2) is 0 Å². The number of anilines is 1. The zero-order valence-corrected chi connectivity index (χ0v) is 9.31. The highest BCUT2D eigenvalue weighted by Gasteiger charge is 2.21. The average molecular weight is 214 g/mol. The van der Waals surface area contributed by atoms with Crippen molar-refractivity contribution in [3.63, 3.8) is 0 Å². The molecular formula is C13H14N2O. The molecule has 2 heterocycles. The van der Waals surface area contributed by atoms with Crippen molar-refractivity contribution in [2.45, 2.75) is 12.8 Å². The van der Waals surface area contributed by atoms with Gasteiger partial charge >= 0.3 is 0 Å². The maximum absolute atomic E-state index is 11.6. The number of benzene rings is 1. The van der Waals surface area contributed by atoms with Gasteiger partial charge in [-0.05, 0) is 30.7 Å². The second-order valence-corrected chi connectivity index (χ2v) is 4.32. The van der Waals surface area contributed by atoms with E-state index in [2.05, 4.69) is 22.8 Å². The van der Waals surface area contributed by atoms with E-state index in [9.17, 15) is 4.79 Å². The van der Waals surface area contributed by atoms with Crippen LogP contribution >= 0.6 is 0 Å². The summed E-state index contributed by atoms with van der Waals surface area (Å²) in [6.45, 7) is 0.858. The highest BCUT2D eigenvalue weighted by Crippen LogP contribution is 2.25. The van der Waals surface area contributed by atoms with E-state index in [4.69, 9.17) is 0 Å². The number of aromatic nitrogens is 1. The topological polar surface area (TPSA) is 25.2 Å². The third-order valence-electron chi connectivity index (χ3n) is 3.25. The smallest absolute Gasteiger partial charge is 0.227 e. The molecule has 0 spiro atoms. The molecule has 1 aliphatic heterocycles. The third-order valence-corrected chi connectivity index (χ3v) is 3.25. The maximum atomic E-state index is 11.6. The monoisotopic (exact) mass is 214 g/mol. The van der Waals surface area contributed by atoms with E-state index >= 15 is 0 Å². The van der Waals surface area contributed by atoms with Crippen LogP contribution in [0, 0.1) is 0 Å². The van der Waals surface area contributed by atoms with Crippen LogP contribution in [0.1, 0.15) is 12.8 Å². The van der Waals surface area contributed by atoms with Gasteiger partial charge in [0.15, 0.2) is 0 Å². The number of amides is 1. The normalized spacial score (nSPS) is 16.3. The summed E-state index contributed by atoms with van der Waals surface area (Å²) < 4.78 is 2.09. The van der Waals surface area contributed by atoms with Crippen LogP contribution in [-0.4, -0.2) is 17.0 Å². The number of hydrogen-bond acceptors (Lipinski definition) is 1. The summed E-state index contributed by atoms with van der Waals surface area (Å²) in [4.78, 5) is 13.5. The Balaban J connectivity index is 2.08. The fourth-order valence-corrected chi connectivity index (χ4v) is 2.36. The molecule has 0 N–H and O–H groups in total. The van der Waals surface area contributed by atoms with Crippen molar-refractivity contribution in [3.8, 4) is 0 Å². The number of rotatable bonds is 1. The quantitative estimate of drug-likeness (QED) is 0.715. The van der Waals surface area contributed by atoms with Gasteiger partial charge in [0, 0.05) is 42.8 Å². The SMILES string of the molecule is Cn1ccc2cc(N3CCCC3=O)ccc21. The van der Waals surface area contributed by atoms with Crippen molar-refractivity contribution in [3.05, 3.63) is 30.5 Å². The number of hydrogen-bond donors (Lipinski definition) is 0. The summed E-state index contributed by atoms with van der Waals surface area (Å²) >= 11 is 0. The highest BCUT2D eigenvalue weighted by atomic mass is 16.2. The first-order valence-corrected chi connectivity index (χ1v) is 5.61. The zero-order chi connectivity index (χ0) is 11.1. The molecule has 82 valence electrons. The van der Waals surface area contributed by atoms with E-state index in [0.29, 0.717) is 6.42 Å². The Hall–Kier alpha value is -1.77. The summed E-state index contributed by atoms with van der Waals surface area (Å²) in [5.41, 5.74) is 2.23. The Kier molecular flexibility index (Phi) is 1.99. The van der Waals surface area contributed by atoms with Crippen LogP contribution < -0.4 is 4.90 Å². The molecule has 1 aromatic carbocycles. The first-order valence-electron chi connectivity index (χ1n) is 5.61. The molecule has 0 aliphatic carbocycles. The molecule has 1 aromatic heterocycles. The number of carbonyl (C=O) groups is 1. The lowest BCUT2D eigenvalue weighted by Crippen LogP contribution is -2.23. The molecule has 0 atom stereocenters. The van der Waals surface area contributed by atoms with Gasteiger partial charge in [-0.3, -0.25) is 4.79 Å². The Labute approximate surface area is 94.3 Å². The van der Waals surface area contributed by atoms with Crippen LogP contribution in [0.4, 0.5) is 5.69 Å². The molecule has 0 bridgehead atoms. The minimum Gasteiger partial charge on any atom is -0.351 e. The predicted octanol–water partition coefficient (Wildman–Crippen LogP) is 2.31. The van der Waals surface area contributed by atoms with E-state index in [0.717, 1.165) is 18.7 Å². The van der Waals surface area contributed by atoms with Gasteiger partial charge in [0.2, 0.25) is 5.91 Å². The highest BCUT2D eigenvalue weighted by molar-refractivity contribution is 5.97. The van der Waals surface area contributed by atoms with E-state index in [1.807, 2.05) is 24.2 Å². The van der Waals surface area contributed by atoms with Crippen LogP contribution in [0.15, 0.2) is 30.5 Å². The van der Waals surface area contributed by atoms with Crippen LogP contribution in [0.25, 0.3) is 10.9 Å². The molecule has 3 nitrogen and oxygen atoms in total. The lowest BCUT2D eigenvalue weighted by atomic mass is 10.2. The molecule has 0 saturated carbocycles. The summed E-state index contributed by atoms with van der Waals surface area (Å²) in [5, 5.41) is 1.19. The van der Waals surface area contributed by atoms with Crippen molar-refractivity contribution < 1.29 is 4.79 Å². The van der Waals surface area contributed by atoms with Crippen molar-refractivity contribution in [1.82, 2.24) is 4.57 Å². The van der Waals surface area contributed by atoms with Gasteiger partial charge in [-0.15, -0.1) is 0 Å². The Morgan fingerprint density at radius 2 is 2.12 bits per heavy atom. The third kappa shape index (κ3) is 1.32. The van der Waals surface area contributed by atoms with Crippen molar-refractivity contribution in [2.75, 3.05) is 11.4 Å². The lowest BCUT2D eigenvalue weighted by Gasteiger charge is -2.15. The van der Waals surface area contributed by atoms with Crippen LogP contribution in [-0.2, 0) is 11.8 Å². The minimum atomic E-state index is 0.246. The minimum absolute atomic E-state index is 0.246. The Bertz CT molecular complexity index is 556. The number of fused-ring (bicyclic) bond motifs is 1. The van der Waals surface area contributed by atoms with Crippen molar-refractivity contribution >= 4 is 22.5 Å². The van der Waals surface area contributed by atoms with Crippen LogP contribution in [0.2, 0.25) is 0 Å². The zero-order valence-electron chi connectivity index (χ0n) is 9.31. The van der Waals surface area contributed by atoms with Gasteiger partial charge in [0.25, 0.3) is 0 Å². The van der Waals surface area contributed by atoms with Gasteiger partial charge < -0.3 is 9.47 Å². The van der Waals surface area contributed by atoms with Gasteiger partial charge in [-0.1, -0.05) is 0 Å². The second-order valence-electron chi connectivity index (χ2n) is 4.32. The van der Waals surface area contributed by atoms with Crippen LogP contribution in [0.5, 0.6) is 0 Å². The summed E-state index contributed by atoms with van der Waals surface area (Å²) in [7, 11) is 2.03. The van der Waals surface area contributed by atoms with E-state index in [1.54, 1.807) is 0 Å². The van der Waals surface area contributed by atoms with Crippen molar-refractivity contribution in [1.29, 1.82) is 0 Å². The molecule has 0 radical (unpaired) electrons. The standard InChI is InChI=1S/C13H14N2O/c1-14-8-6-10-9-11(4-5-12(10)14)15-7-2-3-13(15)16/h4-6,8-9H,2-3,7H2,1H3. The average Bonchev–Trinajstić information content (AvgIpc) is 2.86. The molecular weight excluding hydrogens is 200 g/mol. The molecule has 1 fully saturated rings. The second kappa shape index (κ2) is 3.37. The van der Waals surface area contributed by atoms with Crippen molar-refractivity contribution in [2.24, 2.45) is 7.05 Å². The fourth-order valence-electron chi connectivity index (χ4n) is 2.36. The van der Waals surface area contributed by atoms with Gasteiger partial charge in [0.1, 0.15) is 0 Å². The Morgan fingerprint density at radius 1 is 1.25 bits per heavy atom. The molecule has 0 unspecified atom stereocenters. The molecule has 1 aliphatic rings. The molecule has 2 aromatic rings. The fraction of sp³-hybridized carbons (Fsp3) is 0.308. The van der Waals surface area contributed by atoms with E-state index < -0.39 is 0 Å². The molecule has 1 saturated heterocycles. The largest absolute Gasteiger partial charge is 0.351 e.